The Balaban J connectivity index is 2.19. The van der Waals surface area contributed by atoms with Crippen LogP contribution in [0.1, 0.15) is 20.8 Å². The van der Waals surface area contributed by atoms with Crippen molar-refractivity contribution >= 4 is 6.21 Å². The van der Waals surface area contributed by atoms with Crippen LogP contribution >= 0.6 is 0 Å². The molecule has 1 saturated heterocycles. The van der Waals surface area contributed by atoms with Gasteiger partial charge in [-0.2, -0.15) is 0 Å². The van der Waals surface area contributed by atoms with Crippen LogP contribution in [0.4, 0.5) is 0 Å². The molecule has 82 valence electrons. The van der Waals surface area contributed by atoms with Gasteiger partial charge in [0.25, 0.3) is 0 Å². The van der Waals surface area contributed by atoms with E-state index in [2.05, 4.69) is 42.2 Å². The Bertz CT molecular complexity index is 177. The normalized spacial score (nSPS) is 25.0. The third-order valence-electron chi connectivity index (χ3n) is 2.55. The molecule has 1 aliphatic rings. The Morgan fingerprint density at radius 2 is 2.36 bits per heavy atom. The summed E-state index contributed by atoms with van der Waals surface area (Å²) in [7, 11) is 0. The van der Waals surface area contributed by atoms with E-state index in [0.29, 0.717) is 12.0 Å². The minimum absolute atomic E-state index is 0.647. The number of nitrogens with zero attached hydrogens (tertiary/aromatic N) is 2. The van der Waals surface area contributed by atoms with Gasteiger partial charge >= 0.3 is 0 Å². The fraction of sp³-hybridized carbons (Fsp3) is 0.909. The minimum Gasteiger partial charge on any atom is -0.314 e. The average Bonchev–Trinajstić information content (AvgIpc) is 2.15. The van der Waals surface area contributed by atoms with Gasteiger partial charge in [0.15, 0.2) is 0 Å². The molecule has 1 aliphatic heterocycles. The van der Waals surface area contributed by atoms with Gasteiger partial charge in [0.1, 0.15) is 0 Å². The molecule has 0 bridgehead atoms. The van der Waals surface area contributed by atoms with E-state index in [9.17, 15) is 0 Å². The molecular formula is C11H23N3. The van der Waals surface area contributed by atoms with Crippen molar-refractivity contribution in [1.82, 2.24) is 10.2 Å². The molecule has 14 heavy (non-hydrogen) atoms. The van der Waals surface area contributed by atoms with Crippen LogP contribution in [0.2, 0.25) is 0 Å². The first-order valence-electron chi connectivity index (χ1n) is 5.63. The van der Waals surface area contributed by atoms with Gasteiger partial charge in [-0.3, -0.25) is 9.89 Å². The standard InChI is InChI=1S/C11H23N3/c1-10(2)8-12-4-6-14-7-5-13-9-11(14)3/h4,10-11,13H,5-9H2,1-3H3. The molecule has 0 radical (unpaired) electrons. The van der Waals surface area contributed by atoms with Gasteiger partial charge in [0, 0.05) is 45.0 Å². The number of hydrogen-bond acceptors (Lipinski definition) is 3. The molecule has 0 saturated carbocycles. The van der Waals surface area contributed by atoms with E-state index >= 15 is 0 Å². The van der Waals surface area contributed by atoms with Gasteiger partial charge < -0.3 is 5.32 Å². The Labute approximate surface area is 87.6 Å². The first-order valence-corrected chi connectivity index (χ1v) is 5.63. The van der Waals surface area contributed by atoms with Gasteiger partial charge in [0.2, 0.25) is 0 Å². The number of hydrogen-bond donors (Lipinski definition) is 1. The summed E-state index contributed by atoms with van der Waals surface area (Å²) >= 11 is 0. The quantitative estimate of drug-likeness (QED) is 0.681. The molecule has 1 rings (SSSR count). The zero-order valence-electron chi connectivity index (χ0n) is 9.66. The lowest BCUT2D eigenvalue weighted by atomic mass is 10.2. The van der Waals surface area contributed by atoms with Gasteiger partial charge in [-0.25, -0.2) is 0 Å². The first-order chi connectivity index (χ1) is 6.70. The Kier molecular flexibility index (Phi) is 5.12. The first kappa shape index (κ1) is 11.7. The fourth-order valence-electron chi connectivity index (χ4n) is 1.60. The summed E-state index contributed by atoms with van der Waals surface area (Å²) < 4.78 is 0. The van der Waals surface area contributed by atoms with Crippen LogP contribution < -0.4 is 5.32 Å². The van der Waals surface area contributed by atoms with E-state index in [1.807, 2.05) is 0 Å². The highest BCUT2D eigenvalue weighted by Gasteiger charge is 2.15. The predicted molar refractivity (Wildman–Crippen MR) is 62.1 cm³/mol. The molecule has 3 heteroatoms. The van der Waals surface area contributed by atoms with Crippen molar-refractivity contribution < 1.29 is 0 Å². The molecule has 1 unspecified atom stereocenters. The molecule has 1 N–H and O–H groups in total. The summed E-state index contributed by atoms with van der Waals surface area (Å²) in [6.45, 7) is 12.0. The maximum absolute atomic E-state index is 4.41. The smallest absolute Gasteiger partial charge is 0.0408 e. The van der Waals surface area contributed by atoms with Crippen LogP contribution in [-0.2, 0) is 0 Å². The lowest BCUT2D eigenvalue weighted by Crippen LogP contribution is -2.50. The summed E-state index contributed by atoms with van der Waals surface area (Å²) in [6.07, 6.45) is 2.07. The van der Waals surface area contributed by atoms with Crippen molar-refractivity contribution in [3.63, 3.8) is 0 Å². The predicted octanol–water partition coefficient (Wildman–Crippen LogP) is 1.01. The van der Waals surface area contributed by atoms with E-state index in [1.54, 1.807) is 0 Å². The Hall–Kier alpha value is -0.410. The van der Waals surface area contributed by atoms with Crippen molar-refractivity contribution in [2.45, 2.75) is 26.8 Å². The van der Waals surface area contributed by atoms with Crippen LogP contribution in [0.3, 0.4) is 0 Å². The van der Waals surface area contributed by atoms with E-state index in [-0.39, 0.29) is 0 Å². The number of nitrogens with one attached hydrogen (secondary N) is 1. The van der Waals surface area contributed by atoms with Gasteiger partial charge in [-0.1, -0.05) is 13.8 Å². The number of aliphatic imine (C=N–C) groups is 1. The van der Waals surface area contributed by atoms with Crippen LogP contribution in [-0.4, -0.2) is 49.9 Å². The average molecular weight is 197 g/mol. The SMILES string of the molecule is CC(C)CN=CCN1CCNCC1C. The van der Waals surface area contributed by atoms with E-state index in [0.717, 1.165) is 32.7 Å². The Morgan fingerprint density at radius 1 is 1.57 bits per heavy atom. The van der Waals surface area contributed by atoms with Crippen molar-refractivity contribution in [3.05, 3.63) is 0 Å². The zero-order chi connectivity index (χ0) is 10.4. The van der Waals surface area contributed by atoms with Crippen LogP contribution in [0.15, 0.2) is 4.99 Å². The van der Waals surface area contributed by atoms with Crippen molar-refractivity contribution in [1.29, 1.82) is 0 Å². The summed E-state index contributed by atoms with van der Waals surface area (Å²) in [5, 5.41) is 3.39. The van der Waals surface area contributed by atoms with Crippen LogP contribution in [0, 0.1) is 5.92 Å². The van der Waals surface area contributed by atoms with E-state index in [1.165, 1.54) is 0 Å². The van der Waals surface area contributed by atoms with Gasteiger partial charge in [-0.05, 0) is 12.8 Å². The van der Waals surface area contributed by atoms with Gasteiger partial charge in [0.05, 0.1) is 0 Å². The van der Waals surface area contributed by atoms with Crippen LogP contribution in [0.5, 0.6) is 0 Å². The molecule has 0 aromatic carbocycles. The summed E-state index contributed by atoms with van der Waals surface area (Å²) in [5.74, 6) is 0.673. The monoisotopic (exact) mass is 197 g/mol. The maximum atomic E-state index is 4.41. The summed E-state index contributed by atoms with van der Waals surface area (Å²) in [6, 6.07) is 0.647. The molecule has 0 aromatic rings. The fourth-order valence-corrected chi connectivity index (χ4v) is 1.60. The molecule has 1 fully saturated rings. The Morgan fingerprint density at radius 3 is 3.00 bits per heavy atom. The van der Waals surface area contributed by atoms with Crippen molar-refractivity contribution in [2.24, 2.45) is 10.9 Å². The molecule has 0 aromatic heterocycles. The second-order valence-corrected chi connectivity index (χ2v) is 4.49. The largest absolute Gasteiger partial charge is 0.314 e. The molecule has 0 amide bonds. The zero-order valence-corrected chi connectivity index (χ0v) is 9.66. The summed E-state index contributed by atoms with van der Waals surface area (Å²) in [4.78, 5) is 6.88. The topological polar surface area (TPSA) is 27.6 Å². The van der Waals surface area contributed by atoms with E-state index < -0.39 is 0 Å². The summed E-state index contributed by atoms with van der Waals surface area (Å²) in [5.41, 5.74) is 0. The highest BCUT2D eigenvalue weighted by Crippen LogP contribution is 2.00. The molecule has 0 spiro atoms. The maximum Gasteiger partial charge on any atom is 0.0408 e. The molecule has 1 heterocycles. The minimum atomic E-state index is 0.647. The number of piperazine rings is 1. The van der Waals surface area contributed by atoms with Gasteiger partial charge in [-0.15, -0.1) is 0 Å². The third kappa shape index (κ3) is 4.20. The molecule has 0 aliphatic carbocycles. The lowest BCUT2D eigenvalue weighted by Gasteiger charge is -2.32. The van der Waals surface area contributed by atoms with Crippen molar-refractivity contribution in [3.8, 4) is 0 Å². The lowest BCUT2D eigenvalue weighted by molar-refractivity contribution is 0.200. The second-order valence-electron chi connectivity index (χ2n) is 4.49. The van der Waals surface area contributed by atoms with Crippen molar-refractivity contribution in [2.75, 3.05) is 32.7 Å². The molecule has 1 atom stereocenters. The van der Waals surface area contributed by atoms with Crippen LogP contribution in [0.25, 0.3) is 0 Å². The third-order valence-corrected chi connectivity index (χ3v) is 2.55. The number of rotatable bonds is 4. The molecule has 3 nitrogen and oxygen atoms in total. The highest BCUT2D eigenvalue weighted by atomic mass is 15.2. The molecular weight excluding hydrogens is 174 g/mol. The van der Waals surface area contributed by atoms with E-state index in [4.69, 9.17) is 0 Å². The highest BCUT2D eigenvalue weighted by molar-refractivity contribution is 5.59. The second kappa shape index (κ2) is 6.14.